The number of methoxy groups -OCH3 is 1. The van der Waals surface area contributed by atoms with Crippen LogP contribution in [0.15, 0.2) is 12.1 Å². The SMILES string of the molecule is COc1cc(NC(C)c2nn[nH]n2)c(N)cc1F. The lowest BCUT2D eigenvalue weighted by molar-refractivity contribution is 0.387. The molecule has 0 spiro atoms. The maximum Gasteiger partial charge on any atom is 0.196 e. The van der Waals surface area contributed by atoms with Crippen molar-refractivity contribution in [3.8, 4) is 5.75 Å². The number of ether oxygens (including phenoxy) is 1. The number of H-pyrrole nitrogens is 1. The van der Waals surface area contributed by atoms with Gasteiger partial charge in [0, 0.05) is 12.1 Å². The summed E-state index contributed by atoms with van der Waals surface area (Å²) in [6.45, 7) is 1.83. The molecule has 96 valence electrons. The van der Waals surface area contributed by atoms with Crippen LogP contribution in [0.25, 0.3) is 0 Å². The highest BCUT2D eigenvalue weighted by Gasteiger charge is 2.14. The van der Waals surface area contributed by atoms with E-state index >= 15 is 0 Å². The fraction of sp³-hybridized carbons (Fsp3) is 0.300. The van der Waals surface area contributed by atoms with Gasteiger partial charge in [-0.2, -0.15) is 5.21 Å². The van der Waals surface area contributed by atoms with E-state index in [4.69, 9.17) is 10.5 Å². The van der Waals surface area contributed by atoms with Gasteiger partial charge in [-0.05, 0) is 6.92 Å². The molecule has 1 unspecified atom stereocenters. The summed E-state index contributed by atoms with van der Waals surface area (Å²) in [7, 11) is 1.39. The van der Waals surface area contributed by atoms with Gasteiger partial charge < -0.3 is 15.8 Å². The molecule has 0 saturated carbocycles. The van der Waals surface area contributed by atoms with Crippen molar-refractivity contribution < 1.29 is 9.13 Å². The number of tetrazole rings is 1. The number of hydrogen-bond acceptors (Lipinski definition) is 6. The normalized spacial score (nSPS) is 12.2. The molecular weight excluding hydrogens is 239 g/mol. The second kappa shape index (κ2) is 4.86. The van der Waals surface area contributed by atoms with Crippen molar-refractivity contribution in [1.29, 1.82) is 0 Å². The van der Waals surface area contributed by atoms with Crippen molar-refractivity contribution in [2.45, 2.75) is 13.0 Å². The first-order chi connectivity index (χ1) is 8.61. The minimum absolute atomic E-state index is 0.118. The minimum atomic E-state index is -0.507. The number of nitrogens with two attached hydrogens (primary N) is 1. The van der Waals surface area contributed by atoms with Crippen LogP contribution in [-0.2, 0) is 0 Å². The summed E-state index contributed by atoms with van der Waals surface area (Å²) in [6, 6.07) is 2.46. The number of nitrogens with one attached hydrogen (secondary N) is 2. The molecule has 0 fully saturated rings. The molecule has 4 N–H and O–H groups in total. The monoisotopic (exact) mass is 252 g/mol. The molecule has 18 heavy (non-hydrogen) atoms. The molecule has 0 amide bonds. The van der Waals surface area contributed by atoms with Crippen LogP contribution >= 0.6 is 0 Å². The van der Waals surface area contributed by atoms with Gasteiger partial charge in [0.25, 0.3) is 0 Å². The summed E-state index contributed by atoms with van der Waals surface area (Å²) >= 11 is 0. The zero-order chi connectivity index (χ0) is 13.1. The summed E-state index contributed by atoms with van der Waals surface area (Å²) in [4.78, 5) is 0. The fourth-order valence-electron chi connectivity index (χ4n) is 1.50. The quantitative estimate of drug-likeness (QED) is 0.704. The molecule has 8 heteroatoms. The molecule has 2 rings (SSSR count). The summed E-state index contributed by atoms with van der Waals surface area (Å²) in [6.07, 6.45) is 0. The highest BCUT2D eigenvalue weighted by molar-refractivity contribution is 5.69. The average molecular weight is 252 g/mol. The summed E-state index contributed by atoms with van der Waals surface area (Å²) in [5.41, 5.74) is 6.55. The molecule has 1 aromatic heterocycles. The van der Waals surface area contributed by atoms with Crippen molar-refractivity contribution in [2.24, 2.45) is 0 Å². The van der Waals surface area contributed by atoms with Crippen LogP contribution in [0.5, 0.6) is 5.75 Å². The highest BCUT2D eigenvalue weighted by Crippen LogP contribution is 2.29. The van der Waals surface area contributed by atoms with E-state index in [1.165, 1.54) is 19.2 Å². The topological polar surface area (TPSA) is 102 Å². The Morgan fingerprint density at radius 1 is 1.50 bits per heavy atom. The molecule has 0 bridgehead atoms. The van der Waals surface area contributed by atoms with Crippen molar-refractivity contribution in [2.75, 3.05) is 18.2 Å². The Bertz CT molecular complexity index is 529. The predicted octanol–water partition coefficient (Wildman–Crippen LogP) is 1.10. The van der Waals surface area contributed by atoms with Crippen molar-refractivity contribution >= 4 is 11.4 Å². The molecule has 0 saturated heterocycles. The third kappa shape index (κ3) is 2.31. The van der Waals surface area contributed by atoms with Gasteiger partial charge in [0.05, 0.1) is 24.5 Å². The molecule has 0 aliphatic heterocycles. The Balaban J connectivity index is 2.23. The van der Waals surface area contributed by atoms with Gasteiger partial charge in [0.15, 0.2) is 17.4 Å². The molecule has 0 radical (unpaired) electrons. The van der Waals surface area contributed by atoms with E-state index in [0.717, 1.165) is 0 Å². The first-order valence-electron chi connectivity index (χ1n) is 5.24. The van der Waals surface area contributed by atoms with E-state index in [-0.39, 0.29) is 17.5 Å². The maximum atomic E-state index is 13.4. The molecule has 0 aliphatic rings. The minimum Gasteiger partial charge on any atom is -0.494 e. The van der Waals surface area contributed by atoms with Crippen LogP contribution in [0, 0.1) is 5.82 Å². The molecule has 7 nitrogen and oxygen atoms in total. The molecule has 2 aromatic rings. The number of benzene rings is 1. The van der Waals surface area contributed by atoms with Gasteiger partial charge in [-0.3, -0.25) is 0 Å². The largest absolute Gasteiger partial charge is 0.494 e. The lowest BCUT2D eigenvalue weighted by atomic mass is 10.2. The van der Waals surface area contributed by atoms with Crippen LogP contribution in [0.4, 0.5) is 15.8 Å². The van der Waals surface area contributed by atoms with Crippen LogP contribution in [0.2, 0.25) is 0 Å². The number of nitrogens with zero attached hydrogens (tertiary/aromatic N) is 3. The smallest absolute Gasteiger partial charge is 0.196 e. The van der Waals surface area contributed by atoms with E-state index in [9.17, 15) is 4.39 Å². The third-order valence-electron chi connectivity index (χ3n) is 2.44. The molecule has 1 atom stereocenters. The second-order valence-electron chi connectivity index (χ2n) is 3.71. The van der Waals surface area contributed by atoms with Gasteiger partial charge in [-0.25, -0.2) is 4.39 Å². The Morgan fingerprint density at radius 3 is 2.89 bits per heavy atom. The number of rotatable bonds is 4. The number of halogens is 1. The number of nitrogen functional groups attached to an aromatic ring is 1. The number of hydrogen-bond donors (Lipinski definition) is 3. The summed E-state index contributed by atoms with van der Waals surface area (Å²) in [5, 5.41) is 16.6. The maximum absolute atomic E-state index is 13.4. The Hall–Kier alpha value is -2.38. The zero-order valence-electron chi connectivity index (χ0n) is 9.94. The fourth-order valence-corrected chi connectivity index (χ4v) is 1.50. The Kier molecular flexibility index (Phi) is 3.26. The first-order valence-corrected chi connectivity index (χ1v) is 5.24. The predicted molar refractivity (Wildman–Crippen MR) is 63.6 cm³/mol. The lowest BCUT2D eigenvalue weighted by Gasteiger charge is -2.15. The standard InChI is InChI=1S/C10H13FN6O/c1-5(10-14-16-17-15-10)13-8-4-9(18-2)6(11)3-7(8)12/h3-5,13H,12H2,1-2H3,(H,14,15,16,17). The number of aromatic amines is 1. The van der Waals surface area contributed by atoms with Crippen LogP contribution < -0.4 is 15.8 Å². The van der Waals surface area contributed by atoms with Gasteiger partial charge in [-0.15, -0.1) is 10.2 Å². The molecule has 0 aliphatic carbocycles. The van der Waals surface area contributed by atoms with Gasteiger partial charge >= 0.3 is 0 Å². The van der Waals surface area contributed by atoms with Crippen molar-refractivity contribution in [3.63, 3.8) is 0 Å². The van der Waals surface area contributed by atoms with E-state index < -0.39 is 5.82 Å². The van der Waals surface area contributed by atoms with E-state index in [1.807, 2.05) is 6.92 Å². The Morgan fingerprint density at radius 2 is 2.28 bits per heavy atom. The first kappa shape index (κ1) is 12.1. The van der Waals surface area contributed by atoms with E-state index in [2.05, 4.69) is 25.9 Å². The zero-order valence-corrected chi connectivity index (χ0v) is 9.94. The van der Waals surface area contributed by atoms with Crippen LogP contribution in [-0.4, -0.2) is 27.7 Å². The van der Waals surface area contributed by atoms with Crippen LogP contribution in [0.1, 0.15) is 18.8 Å². The number of anilines is 2. The van der Waals surface area contributed by atoms with Crippen molar-refractivity contribution in [1.82, 2.24) is 20.6 Å². The molecular formula is C10H13FN6O. The second-order valence-corrected chi connectivity index (χ2v) is 3.71. The third-order valence-corrected chi connectivity index (χ3v) is 2.44. The molecule has 1 heterocycles. The van der Waals surface area contributed by atoms with Crippen molar-refractivity contribution in [3.05, 3.63) is 23.8 Å². The highest BCUT2D eigenvalue weighted by atomic mass is 19.1. The van der Waals surface area contributed by atoms with Crippen LogP contribution in [0.3, 0.4) is 0 Å². The summed E-state index contributed by atoms with van der Waals surface area (Å²) < 4.78 is 18.3. The number of aromatic nitrogens is 4. The average Bonchev–Trinajstić information content (AvgIpc) is 2.86. The molecule has 1 aromatic carbocycles. The van der Waals surface area contributed by atoms with Gasteiger partial charge in [-0.1, -0.05) is 5.21 Å². The van der Waals surface area contributed by atoms with E-state index in [1.54, 1.807) is 0 Å². The lowest BCUT2D eigenvalue weighted by Crippen LogP contribution is -2.10. The van der Waals surface area contributed by atoms with Gasteiger partial charge in [0.2, 0.25) is 0 Å². The van der Waals surface area contributed by atoms with Gasteiger partial charge in [0.1, 0.15) is 0 Å². The Labute approximate surface area is 103 Å². The summed E-state index contributed by atoms with van der Waals surface area (Å²) in [5.74, 6) is 0.0949. The van der Waals surface area contributed by atoms with E-state index in [0.29, 0.717) is 11.5 Å².